The van der Waals surface area contributed by atoms with E-state index >= 15 is 0 Å². The summed E-state index contributed by atoms with van der Waals surface area (Å²) in [5.41, 5.74) is 21.5. The van der Waals surface area contributed by atoms with Gasteiger partial charge in [0.15, 0.2) is 0 Å². The van der Waals surface area contributed by atoms with Crippen molar-refractivity contribution in [3.8, 4) is 5.75 Å². The van der Waals surface area contributed by atoms with E-state index in [0.717, 1.165) is 43.6 Å². The number of benzene rings is 6. The molecule has 8 amide bonds. The third-order valence-electron chi connectivity index (χ3n) is 14.7. The molecule has 0 aliphatic rings. The zero-order valence-electron chi connectivity index (χ0n) is 47.4. The van der Waals surface area contributed by atoms with Crippen molar-refractivity contribution in [3.63, 3.8) is 0 Å². The number of fused-ring (bicyclic) bond motifs is 3. The van der Waals surface area contributed by atoms with Crippen LogP contribution in [0.4, 0.5) is 0 Å². The first-order valence-electron chi connectivity index (χ1n) is 28.2. The molecule has 85 heavy (non-hydrogen) atoms. The number of hydrogen-bond donors (Lipinski definition) is 14. The summed E-state index contributed by atoms with van der Waals surface area (Å²) < 4.78 is 0. The lowest BCUT2D eigenvalue weighted by molar-refractivity contribution is -0.136. The molecule has 6 aromatic carbocycles. The number of thiol groups is 2. The summed E-state index contributed by atoms with van der Waals surface area (Å²) >= 11 is 8.71. The fourth-order valence-corrected chi connectivity index (χ4v) is 10.4. The first kappa shape index (κ1) is 64.1. The van der Waals surface area contributed by atoms with Gasteiger partial charge in [0.05, 0.1) is 6.04 Å². The minimum atomic E-state index is -1.39. The number of phenolic OH excluding ortho intramolecular Hbond substituents is 1. The molecule has 8 atom stereocenters. The predicted octanol–water partition coefficient (Wildman–Crippen LogP) is 3.30. The van der Waals surface area contributed by atoms with E-state index in [0.29, 0.717) is 24.0 Å². The van der Waals surface area contributed by atoms with Gasteiger partial charge in [0.2, 0.25) is 47.3 Å². The number of rotatable bonds is 30. The van der Waals surface area contributed by atoms with Crippen molar-refractivity contribution in [3.05, 3.63) is 162 Å². The van der Waals surface area contributed by atoms with Crippen molar-refractivity contribution < 1.29 is 43.5 Å². The van der Waals surface area contributed by atoms with Crippen LogP contribution in [0.3, 0.4) is 0 Å². The SMILES string of the molecule is CC(C)[C@H](NC(=O)[C@H](CCCCN)NC(=O)[C@@H](Cc1c[nH]c2ccccc12)NC(=O)[C@H](Cc1ccc(O)cc1)NC(=O)[C@H](CS)NC(=O)[C@H](N)Cc1ccc2ccccc2c1)C(=O)N[C@H](CS)C(=O)N[C@@H](Cc1ccc2ccccc2c1)C(N)=O. The molecule has 448 valence electrons. The third kappa shape index (κ3) is 18.0. The van der Waals surface area contributed by atoms with Crippen LogP contribution < -0.4 is 54.4 Å². The number of nitrogens with two attached hydrogens (primary N) is 3. The number of H-pyrrole nitrogens is 1. The fourth-order valence-electron chi connectivity index (χ4n) is 9.91. The topological polar surface area (TPSA) is 335 Å². The molecule has 0 saturated carbocycles. The summed E-state index contributed by atoms with van der Waals surface area (Å²) in [5.74, 6) is -6.98. The highest BCUT2D eigenvalue weighted by molar-refractivity contribution is 7.80. The summed E-state index contributed by atoms with van der Waals surface area (Å²) in [6.45, 7) is 3.64. The number of amides is 8. The summed E-state index contributed by atoms with van der Waals surface area (Å²) in [6, 6.07) is 30.1. The van der Waals surface area contributed by atoms with Crippen LogP contribution in [0.2, 0.25) is 0 Å². The average molecular weight is 1190 g/mol. The summed E-state index contributed by atoms with van der Waals surface area (Å²) in [4.78, 5) is 116. The second-order valence-corrected chi connectivity index (χ2v) is 22.2. The lowest BCUT2D eigenvalue weighted by Crippen LogP contribution is -2.61. The summed E-state index contributed by atoms with van der Waals surface area (Å²) in [5, 5.41) is 33.9. The number of carbonyl (C=O) groups is 8. The molecule has 1 heterocycles. The van der Waals surface area contributed by atoms with Crippen LogP contribution in [0.25, 0.3) is 32.4 Å². The van der Waals surface area contributed by atoms with Gasteiger partial charge in [-0.1, -0.05) is 129 Å². The molecule has 0 bridgehead atoms. The van der Waals surface area contributed by atoms with Crippen molar-refractivity contribution in [2.75, 3.05) is 18.1 Å². The zero-order chi connectivity index (χ0) is 61.2. The Morgan fingerprint density at radius 2 is 0.953 bits per heavy atom. The Labute approximate surface area is 504 Å². The standard InChI is InChI=1S/C63H75N11O9S2/c1-36(2)55(63(83)73-54(35-85)61(81)69-50(56(66)76)31-39-19-23-41-12-4-6-14-43(41)28-39)74-58(78)49(17-9-10-26-64)68-60(80)52(32-44-33-67-48-16-8-7-15-46(44)48)71-59(79)51(30-37-20-24-45(75)25-21-37)70-62(82)53(34-84)72-57(77)47(65)29-38-18-22-40-11-3-5-13-42(40)27-38/h3-8,11-16,18-25,27-28,33,36,47,49-55,67,75,84-85H,9-10,17,26,29-32,34-35,64-65H2,1-2H3,(H2,66,76)(H,68,80)(H,69,81)(H,70,82)(H,71,79)(H,72,77)(H,73,83)(H,74,78)/t47-,49+,50+,51+,52-,53+,54-,55+/m1/s1. The molecule has 0 radical (unpaired) electrons. The molecule has 0 unspecified atom stereocenters. The van der Waals surface area contributed by atoms with E-state index in [-0.39, 0.29) is 55.9 Å². The quantitative estimate of drug-likeness (QED) is 0.0229. The molecule has 15 N–H and O–H groups in total. The van der Waals surface area contributed by atoms with Crippen LogP contribution in [0, 0.1) is 5.92 Å². The van der Waals surface area contributed by atoms with Crippen LogP contribution >= 0.6 is 25.3 Å². The lowest BCUT2D eigenvalue weighted by Gasteiger charge is -2.29. The van der Waals surface area contributed by atoms with Crippen LogP contribution in [0.5, 0.6) is 5.75 Å². The summed E-state index contributed by atoms with van der Waals surface area (Å²) in [6.07, 6.45) is 2.60. The number of hydrogen-bond acceptors (Lipinski definition) is 13. The van der Waals surface area contributed by atoms with Gasteiger partial charge in [0, 0.05) is 47.9 Å². The van der Waals surface area contributed by atoms with Gasteiger partial charge in [-0.3, -0.25) is 38.4 Å². The molecule has 0 aliphatic carbocycles. The molecule has 0 fully saturated rings. The Balaban J connectivity index is 1.08. The van der Waals surface area contributed by atoms with Gasteiger partial charge in [-0.05, 0) is 100 Å². The maximum atomic E-state index is 14.9. The fraction of sp³-hybridized carbons (Fsp3) is 0.333. The Bertz CT molecular complexity index is 3490. The van der Waals surface area contributed by atoms with Crippen molar-refractivity contribution in [2.45, 2.75) is 107 Å². The van der Waals surface area contributed by atoms with E-state index in [1.165, 1.54) is 12.1 Å². The predicted molar refractivity (Wildman–Crippen MR) is 335 cm³/mol. The number of primary amides is 1. The number of nitrogens with one attached hydrogen (secondary N) is 8. The van der Waals surface area contributed by atoms with Gasteiger partial charge in [-0.25, -0.2) is 0 Å². The summed E-state index contributed by atoms with van der Waals surface area (Å²) in [7, 11) is 0. The van der Waals surface area contributed by atoms with Gasteiger partial charge < -0.3 is 64.5 Å². The molecule has 0 aliphatic heterocycles. The highest BCUT2D eigenvalue weighted by atomic mass is 32.1. The molecule has 7 rings (SSSR count). The van der Waals surface area contributed by atoms with Gasteiger partial charge in [-0.15, -0.1) is 0 Å². The van der Waals surface area contributed by atoms with Crippen molar-refractivity contribution >= 4 is 105 Å². The van der Waals surface area contributed by atoms with E-state index < -0.39 is 102 Å². The van der Waals surface area contributed by atoms with Gasteiger partial charge in [0.1, 0.15) is 48.0 Å². The second kappa shape index (κ2) is 30.9. The molecule has 0 spiro atoms. The number of para-hydroxylation sites is 1. The van der Waals surface area contributed by atoms with Crippen molar-refractivity contribution in [1.82, 2.24) is 42.2 Å². The van der Waals surface area contributed by atoms with Gasteiger partial charge in [-0.2, -0.15) is 25.3 Å². The average Bonchev–Trinajstić information content (AvgIpc) is 4.20. The Morgan fingerprint density at radius 3 is 1.52 bits per heavy atom. The maximum Gasteiger partial charge on any atom is 0.244 e. The van der Waals surface area contributed by atoms with Crippen LogP contribution in [0.15, 0.2) is 140 Å². The minimum Gasteiger partial charge on any atom is -0.508 e. The van der Waals surface area contributed by atoms with E-state index in [9.17, 15) is 43.5 Å². The molecule has 22 heteroatoms. The molecule has 1 aromatic heterocycles. The highest BCUT2D eigenvalue weighted by Gasteiger charge is 2.35. The number of phenols is 1. The molecular formula is C63H75N11O9S2. The number of aromatic amines is 1. The zero-order valence-corrected chi connectivity index (χ0v) is 49.2. The van der Waals surface area contributed by atoms with Gasteiger partial charge >= 0.3 is 0 Å². The normalized spacial score (nSPS) is 14.2. The van der Waals surface area contributed by atoms with E-state index in [1.54, 1.807) is 32.2 Å². The van der Waals surface area contributed by atoms with E-state index in [4.69, 9.17) is 17.2 Å². The first-order chi connectivity index (χ1) is 40.8. The third-order valence-corrected chi connectivity index (χ3v) is 15.4. The Morgan fingerprint density at radius 1 is 0.494 bits per heavy atom. The highest BCUT2D eigenvalue weighted by Crippen LogP contribution is 2.22. The first-order valence-corrected chi connectivity index (χ1v) is 29.5. The van der Waals surface area contributed by atoms with Gasteiger partial charge in [0.25, 0.3) is 0 Å². The smallest absolute Gasteiger partial charge is 0.244 e. The van der Waals surface area contributed by atoms with Crippen molar-refractivity contribution in [2.24, 2.45) is 23.1 Å². The largest absolute Gasteiger partial charge is 0.508 e. The number of aromatic nitrogens is 1. The molecular weight excluding hydrogens is 1120 g/mol. The lowest BCUT2D eigenvalue weighted by atomic mass is 9.99. The minimum absolute atomic E-state index is 0.0409. The Hall–Kier alpha value is -8.44. The monoisotopic (exact) mass is 1190 g/mol. The van der Waals surface area contributed by atoms with Crippen LogP contribution in [0.1, 0.15) is 55.4 Å². The number of carbonyl (C=O) groups excluding carboxylic acids is 8. The van der Waals surface area contributed by atoms with Crippen LogP contribution in [-0.4, -0.2) is 124 Å². The molecule has 0 saturated heterocycles. The number of unbranched alkanes of at least 4 members (excludes halogenated alkanes) is 1. The van der Waals surface area contributed by atoms with E-state index in [1.807, 2.05) is 109 Å². The molecule has 20 nitrogen and oxygen atoms in total. The number of aromatic hydroxyl groups is 1. The van der Waals surface area contributed by atoms with E-state index in [2.05, 4.69) is 67.5 Å². The second-order valence-electron chi connectivity index (χ2n) is 21.5. The molecule has 7 aromatic rings. The van der Waals surface area contributed by atoms with Crippen LogP contribution in [-0.2, 0) is 64.0 Å². The Kier molecular flexibility index (Phi) is 23.3. The van der Waals surface area contributed by atoms with Crippen molar-refractivity contribution in [1.29, 1.82) is 0 Å². The maximum absolute atomic E-state index is 14.9.